The Balaban J connectivity index is 2.11. The largest absolute Gasteiger partial charge is 0.329 e. The molecule has 2 aliphatic carbocycles. The van der Waals surface area contributed by atoms with Crippen LogP contribution >= 0.6 is 0 Å². The van der Waals surface area contributed by atoms with E-state index in [1.807, 2.05) is 0 Å². The van der Waals surface area contributed by atoms with Crippen LogP contribution in [0.4, 0.5) is 0 Å². The molecule has 0 saturated heterocycles. The van der Waals surface area contributed by atoms with Crippen LogP contribution in [0, 0.1) is 5.92 Å². The molecular formula is C17H34N2. The van der Waals surface area contributed by atoms with E-state index in [1.54, 1.807) is 0 Å². The molecule has 2 aliphatic rings. The van der Waals surface area contributed by atoms with Gasteiger partial charge in [-0.05, 0) is 38.1 Å². The Morgan fingerprint density at radius 3 is 2.37 bits per heavy atom. The van der Waals surface area contributed by atoms with Crippen LogP contribution in [-0.4, -0.2) is 29.6 Å². The van der Waals surface area contributed by atoms with E-state index in [0.717, 1.165) is 18.5 Å². The Bertz CT molecular complexity index is 260. The monoisotopic (exact) mass is 266 g/mol. The number of nitrogens with two attached hydrogens (primary N) is 1. The van der Waals surface area contributed by atoms with Gasteiger partial charge in [0.2, 0.25) is 0 Å². The summed E-state index contributed by atoms with van der Waals surface area (Å²) in [6.07, 6.45) is 14.0. The van der Waals surface area contributed by atoms with Crippen LogP contribution < -0.4 is 5.73 Å². The van der Waals surface area contributed by atoms with E-state index >= 15 is 0 Å². The van der Waals surface area contributed by atoms with Crippen LogP contribution in [0.3, 0.4) is 0 Å². The topological polar surface area (TPSA) is 29.3 Å². The van der Waals surface area contributed by atoms with Crippen LogP contribution in [0.5, 0.6) is 0 Å². The van der Waals surface area contributed by atoms with Crippen molar-refractivity contribution in [3.8, 4) is 0 Å². The molecule has 19 heavy (non-hydrogen) atoms. The van der Waals surface area contributed by atoms with Crippen LogP contribution in [0.2, 0.25) is 0 Å². The summed E-state index contributed by atoms with van der Waals surface area (Å²) in [4.78, 5) is 2.83. The van der Waals surface area contributed by atoms with Gasteiger partial charge in [-0.3, -0.25) is 4.90 Å². The summed E-state index contributed by atoms with van der Waals surface area (Å²) < 4.78 is 0. The average molecular weight is 266 g/mol. The Labute approximate surface area is 120 Å². The molecule has 112 valence electrons. The lowest BCUT2D eigenvalue weighted by atomic mass is 9.72. The van der Waals surface area contributed by atoms with Gasteiger partial charge in [0.25, 0.3) is 0 Å². The Hall–Kier alpha value is -0.0800. The highest BCUT2D eigenvalue weighted by Crippen LogP contribution is 2.40. The summed E-state index contributed by atoms with van der Waals surface area (Å²) in [5.74, 6) is 0.912. The lowest BCUT2D eigenvalue weighted by Gasteiger charge is -2.52. The van der Waals surface area contributed by atoms with Gasteiger partial charge in [0.15, 0.2) is 0 Å². The van der Waals surface area contributed by atoms with Crippen molar-refractivity contribution in [1.29, 1.82) is 0 Å². The van der Waals surface area contributed by atoms with Crippen LogP contribution in [0.15, 0.2) is 0 Å². The number of hydrogen-bond donors (Lipinski definition) is 1. The quantitative estimate of drug-likeness (QED) is 0.816. The molecule has 0 bridgehead atoms. The molecular weight excluding hydrogens is 232 g/mol. The molecule has 2 fully saturated rings. The van der Waals surface area contributed by atoms with Crippen molar-refractivity contribution in [2.45, 2.75) is 89.6 Å². The Morgan fingerprint density at radius 1 is 1.05 bits per heavy atom. The predicted molar refractivity (Wildman–Crippen MR) is 83.3 cm³/mol. The van der Waals surface area contributed by atoms with Crippen molar-refractivity contribution in [2.24, 2.45) is 11.7 Å². The van der Waals surface area contributed by atoms with E-state index in [-0.39, 0.29) is 0 Å². The first-order chi connectivity index (χ1) is 9.25. The van der Waals surface area contributed by atoms with Crippen molar-refractivity contribution in [3.05, 3.63) is 0 Å². The third-order valence-electron chi connectivity index (χ3n) is 5.85. The van der Waals surface area contributed by atoms with Crippen molar-refractivity contribution >= 4 is 0 Å². The van der Waals surface area contributed by atoms with Crippen LogP contribution in [0.25, 0.3) is 0 Å². The SMILES string of the molecule is CCC1CCCC(CN)(N(CC)C2CCCCC2)C1. The normalized spacial score (nSPS) is 33.8. The zero-order valence-electron chi connectivity index (χ0n) is 13.2. The fourth-order valence-electron chi connectivity index (χ4n) is 4.75. The lowest BCUT2D eigenvalue weighted by Crippen LogP contribution is -2.60. The molecule has 2 nitrogen and oxygen atoms in total. The first-order valence-electron chi connectivity index (χ1n) is 8.72. The molecule has 0 spiro atoms. The van der Waals surface area contributed by atoms with Gasteiger partial charge in [0.1, 0.15) is 0 Å². The molecule has 2 rings (SSSR count). The van der Waals surface area contributed by atoms with E-state index in [2.05, 4.69) is 18.7 Å². The zero-order chi connectivity index (χ0) is 13.7. The second kappa shape index (κ2) is 7.08. The second-order valence-electron chi connectivity index (χ2n) is 6.88. The third-order valence-corrected chi connectivity index (χ3v) is 5.85. The fraction of sp³-hybridized carbons (Fsp3) is 1.00. The first kappa shape index (κ1) is 15.3. The molecule has 0 aromatic rings. The minimum absolute atomic E-state index is 0.329. The van der Waals surface area contributed by atoms with Gasteiger partial charge in [0, 0.05) is 18.1 Å². The van der Waals surface area contributed by atoms with Crippen molar-refractivity contribution in [1.82, 2.24) is 4.90 Å². The van der Waals surface area contributed by atoms with Crippen molar-refractivity contribution in [3.63, 3.8) is 0 Å². The number of rotatable bonds is 5. The third kappa shape index (κ3) is 3.33. The lowest BCUT2D eigenvalue weighted by molar-refractivity contribution is -0.00657. The molecule has 2 heteroatoms. The maximum absolute atomic E-state index is 6.30. The van der Waals surface area contributed by atoms with Gasteiger partial charge in [-0.15, -0.1) is 0 Å². The molecule has 0 amide bonds. The zero-order valence-corrected chi connectivity index (χ0v) is 13.2. The molecule has 2 saturated carbocycles. The summed E-state index contributed by atoms with van der Waals surface area (Å²) >= 11 is 0. The molecule has 0 aromatic carbocycles. The van der Waals surface area contributed by atoms with E-state index in [1.165, 1.54) is 70.8 Å². The van der Waals surface area contributed by atoms with E-state index in [4.69, 9.17) is 5.73 Å². The molecule has 0 heterocycles. The number of likely N-dealkylation sites (N-methyl/N-ethyl adjacent to an activating group) is 1. The maximum Gasteiger partial charge on any atom is 0.0337 e. The van der Waals surface area contributed by atoms with Gasteiger partial charge in [-0.25, -0.2) is 0 Å². The summed E-state index contributed by atoms with van der Waals surface area (Å²) in [7, 11) is 0. The Morgan fingerprint density at radius 2 is 1.79 bits per heavy atom. The van der Waals surface area contributed by atoms with Gasteiger partial charge < -0.3 is 5.73 Å². The van der Waals surface area contributed by atoms with Gasteiger partial charge in [-0.2, -0.15) is 0 Å². The number of hydrogen-bond acceptors (Lipinski definition) is 2. The highest BCUT2D eigenvalue weighted by Gasteiger charge is 2.41. The summed E-state index contributed by atoms with van der Waals surface area (Å²) in [5, 5.41) is 0. The highest BCUT2D eigenvalue weighted by atomic mass is 15.2. The fourth-order valence-corrected chi connectivity index (χ4v) is 4.75. The smallest absolute Gasteiger partial charge is 0.0337 e. The van der Waals surface area contributed by atoms with Crippen molar-refractivity contribution < 1.29 is 0 Å². The minimum atomic E-state index is 0.329. The number of nitrogens with zero attached hydrogens (tertiary/aromatic N) is 1. The Kier molecular flexibility index (Phi) is 5.70. The summed E-state index contributed by atoms with van der Waals surface area (Å²) in [6, 6.07) is 0.818. The average Bonchev–Trinajstić information content (AvgIpc) is 2.49. The first-order valence-corrected chi connectivity index (χ1v) is 8.72. The molecule has 0 radical (unpaired) electrons. The van der Waals surface area contributed by atoms with E-state index < -0.39 is 0 Å². The minimum Gasteiger partial charge on any atom is -0.329 e. The van der Waals surface area contributed by atoms with E-state index in [0.29, 0.717) is 5.54 Å². The molecule has 0 aromatic heterocycles. The van der Waals surface area contributed by atoms with E-state index in [9.17, 15) is 0 Å². The maximum atomic E-state index is 6.30. The molecule has 2 N–H and O–H groups in total. The van der Waals surface area contributed by atoms with Gasteiger partial charge in [-0.1, -0.05) is 52.4 Å². The van der Waals surface area contributed by atoms with Crippen molar-refractivity contribution in [2.75, 3.05) is 13.1 Å². The van der Waals surface area contributed by atoms with Gasteiger partial charge in [0.05, 0.1) is 0 Å². The highest BCUT2D eigenvalue weighted by molar-refractivity contribution is 4.99. The predicted octanol–water partition coefficient (Wildman–Crippen LogP) is 3.94. The molecule has 0 aliphatic heterocycles. The van der Waals surface area contributed by atoms with Crippen LogP contribution in [0.1, 0.15) is 78.1 Å². The summed E-state index contributed by atoms with van der Waals surface area (Å²) in [5.41, 5.74) is 6.63. The second-order valence-corrected chi connectivity index (χ2v) is 6.88. The standard InChI is InChI=1S/C17H34N2/c1-3-15-9-8-12-17(13-15,14-18)19(4-2)16-10-6-5-7-11-16/h15-16H,3-14,18H2,1-2H3. The van der Waals surface area contributed by atoms with Crippen LogP contribution in [-0.2, 0) is 0 Å². The summed E-state index contributed by atoms with van der Waals surface area (Å²) in [6.45, 7) is 6.77. The molecule has 2 unspecified atom stereocenters. The van der Waals surface area contributed by atoms with Gasteiger partial charge >= 0.3 is 0 Å². The molecule has 2 atom stereocenters.